The van der Waals surface area contributed by atoms with Gasteiger partial charge in [0.15, 0.2) is 23.9 Å². The molecule has 0 unspecified atom stereocenters. The number of carbonyl (C=O) groups excluding carboxylic acids is 2. The molecule has 0 saturated heterocycles. The number of nitrogens with one attached hydrogen (secondary N) is 1. The highest BCUT2D eigenvalue weighted by atomic mass is 16.7. The van der Waals surface area contributed by atoms with E-state index in [1.165, 1.54) is 12.5 Å². The van der Waals surface area contributed by atoms with E-state index in [9.17, 15) is 9.59 Å². The summed E-state index contributed by atoms with van der Waals surface area (Å²) in [5.41, 5.74) is 3.12. The van der Waals surface area contributed by atoms with Gasteiger partial charge >= 0.3 is 0 Å². The number of carbonyl (C=O) groups is 2. The second kappa shape index (κ2) is 7.70. The fourth-order valence-electron chi connectivity index (χ4n) is 3.06. The van der Waals surface area contributed by atoms with Gasteiger partial charge in [-0.2, -0.15) is 0 Å². The van der Waals surface area contributed by atoms with Crippen LogP contribution >= 0.6 is 0 Å². The molecule has 6 nitrogen and oxygen atoms in total. The molecule has 1 aliphatic rings. The molecule has 27 heavy (non-hydrogen) atoms. The lowest BCUT2D eigenvalue weighted by molar-refractivity contribution is -0.118. The first-order valence-electron chi connectivity index (χ1n) is 8.83. The molecule has 2 aromatic rings. The lowest BCUT2D eigenvalue weighted by atomic mass is 9.98. The first-order chi connectivity index (χ1) is 12.8. The van der Waals surface area contributed by atoms with Gasteiger partial charge < -0.3 is 19.5 Å². The Labute approximate surface area is 158 Å². The van der Waals surface area contributed by atoms with Crippen LogP contribution in [0.15, 0.2) is 30.3 Å². The SMILES string of the molecule is CC(=O)c1cc2c(cc1NC(=O)COc1ccc(C(C)C)c(C)c1)OCO2. The first kappa shape index (κ1) is 18.8. The molecular formula is C21H23NO5. The highest BCUT2D eigenvalue weighted by Crippen LogP contribution is 2.37. The summed E-state index contributed by atoms with van der Waals surface area (Å²) in [6.07, 6.45) is 0. The van der Waals surface area contributed by atoms with E-state index >= 15 is 0 Å². The summed E-state index contributed by atoms with van der Waals surface area (Å²) in [6.45, 7) is 7.66. The van der Waals surface area contributed by atoms with Crippen molar-refractivity contribution >= 4 is 17.4 Å². The predicted octanol–water partition coefficient (Wildman–Crippen LogP) is 4.07. The number of hydrogen-bond acceptors (Lipinski definition) is 5. The number of benzene rings is 2. The third-order valence-electron chi connectivity index (χ3n) is 4.40. The Morgan fingerprint density at radius 1 is 1.15 bits per heavy atom. The Kier molecular flexibility index (Phi) is 5.35. The highest BCUT2D eigenvalue weighted by molar-refractivity contribution is 6.04. The van der Waals surface area contributed by atoms with E-state index in [2.05, 4.69) is 19.2 Å². The Morgan fingerprint density at radius 3 is 2.48 bits per heavy atom. The van der Waals surface area contributed by atoms with Crippen LogP contribution in [0.25, 0.3) is 0 Å². The number of rotatable bonds is 6. The van der Waals surface area contributed by atoms with E-state index < -0.39 is 0 Å². The van der Waals surface area contributed by atoms with E-state index in [0.29, 0.717) is 34.4 Å². The van der Waals surface area contributed by atoms with Crippen LogP contribution in [0, 0.1) is 6.92 Å². The zero-order valence-electron chi connectivity index (χ0n) is 15.9. The number of ether oxygens (including phenoxy) is 3. The lowest BCUT2D eigenvalue weighted by Crippen LogP contribution is -2.21. The maximum Gasteiger partial charge on any atom is 0.262 e. The van der Waals surface area contributed by atoms with E-state index in [0.717, 1.165) is 5.56 Å². The molecular weight excluding hydrogens is 346 g/mol. The maximum atomic E-state index is 12.3. The first-order valence-corrected chi connectivity index (χ1v) is 8.83. The predicted molar refractivity (Wildman–Crippen MR) is 102 cm³/mol. The molecule has 1 heterocycles. The summed E-state index contributed by atoms with van der Waals surface area (Å²) in [6, 6.07) is 8.97. The van der Waals surface area contributed by atoms with E-state index in [-0.39, 0.29) is 25.1 Å². The molecule has 142 valence electrons. The minimum Gasteiger partial charge on any atom is -0.484 e. The van der Waals surface area contributed by atoms with Gasteiger partial charge in [-0.15, -0.1) is 0 Å². The van der Waals surface area contributed by atoms with Gasteiger partial charge in [0.25, 0.3) is 5.91 Å². The van der Waals surface area contributed by atoms with Crippen molar-refractivity contribution in [3.05, 3.63) is 47.0 Å². The minimum atomic E-state index is -0.359. The van der Waals surface area contributed by atoms with E-state index in [1.807, 2.05) is 25.1 Å². The van der Waals surface area contributed by atoms with Crippen molar-refractivity contribution in [2.45, 2.75) is 33.6 Å². The fraction of sp³-hybridized carbons (Fsp3) is 0.333. The lowest BCUT2D eigenvalue weighted by Gasteiger charge is -2.13. The number of ketones is 1. The molecule has 3 rings (SSSR count). The van der Waals surface area contributed by atoms with Crippen LogP contribution in [0.3, 0.4) is 0 Å². The number of Topliss-reactive ketones (excluding diaryl/α,β-unsaturated/α-hetero) is 1. The van der Waals surface area contributed by atoms with Gasteiger partial charge in [0.05, 0.1) is 5.69 Å². The second-order valence-electron chi connectivity index (χ2n) is 6.82. The molecule has 0 atom stereocenters. The Hall–Kier alpha value is -3.02. The molecule has 0 radical (unpaired) electrons. The van der Waals surface area contributed by atoms with Gasteiger partial charge in [-0.05, 0) is 49.1 Å². The normalized spacial score (nSPS) is 12.2. The summed E-state index contributed by atoms with van der Waals surface area (Å²) in [5.74, 6) is 1.51. The van der Waals surface area contributed by atoms with Crippen molar-refractivity contribution in [1.82, 2.24) is 0 Å². The van der Waals surface area contributed by atoms with Crippen LogP contribution in [-0.2, 0) is 4.79 Å². The summed E-state index contributed by atoms with van der Waals surface area (Å²) in [4.78, 5) is 24.2. The molecule has 6 heteroatoms. The molecule has 0 aromatic heterocycles. The molecule has 2 aromatic carbocycles. The number of hydrogen-bond donors (Lipinski definition) is 1. The smallest absolute Gasteiger partial charge is 0.262 e. The van der Waals surface area contributed by atoms with Crippen molar-refractivity contribution < 1.29 is 23.8 Å². The molecule has 0 aliphatic carbocycles. The topological polar surface area (TPSA) is 73.9 Å². The van der Waals surface area contributed by atoms with Gasteiger partial charge in [0.1, 0.15) is 5.75 Å². The van der Waals surface area contributed by atoms with Crippen LogP contribution < -0.4 is 19.5 Å². The largest absolute Gasteiger partial charge is 0.484 e. The van der Waals surface area contributed by atoms with Crippen molar-refractivity contribution in [1.29, 1.82) is 0 Å². The summed E-state index contributed by atoms with van der Waals surface area (Å²) in [5, 5.41) is 2.72. The van der Waals surface area contributed by atoms with Crippen LogP contribution in [0.4, 0.5) is 5.69 Å². The molecule has 0 fully saturated rings. The molecule has 0 saturated carbocycles. The van der Waals surface area contributed by atoms with Gasteiger partial charge in [-0.3, -0.25) is 9.59 Å². The third-order valence-corrected chi connectivity index (χ3v) is 4.40. The summed E-state index contributed by atoms with van der Waals surface area (Å²) in [7, 11) is 0. The zero-order chi connectivity index (χ0) is 19.6. The number of aryl methyl sites for hydroxylation is 1. The van der Waals surface area contributed by atoms with Crippen LogP contribution in [0.1, 0.15) is 48.2 Å². The monoisotopic (exact) mass is 369 g/mol. The van der Waals surface area contributed by atoms with Crippen molar-refractivity contribution in [3.63, 3.8) is 0 Å². The standard InChI is InChI=1S/C21H23NO5/c1-12(2)16-6-5-15(7-13(16)3)25-10-21(24)22-18-9-20-19(26-11-27-20)8-17(18)14(4)23/h5-9,12H,10-11H2,1-4H3,(H,22,24). The maximum absolute atomic E-state index is 12.3. The highest BCUT2D eigenvalue weighted by Gasteiger charge is 2.20. The molecule has 1 amide bonds. The van der Waals surface area contributed by atoms with Crippen molar-refractivity contribution in [3.8, 4) is 17.2 Å². The van der Waals surface area contributed by atoms with E-state index in [4.69, 9.17) is 14.2 Å². The second-order valence-corrected chi connectivity index (χ2v) is 6.82. The fourth-order valence-corrected chi connectivity index (χ4v) is 3.06. The Balaban J connectivity index is 1.68. The minimum absolute atomic E-state index is 0.0961. The quantitative estimate of drug-likeness (QED) is 0.777. The van der Waals surface area contributed by atoms with Crippen LogP contribution in [0.2, 0.25) is 0 Å². The van der Waals surface area contributed by atoms with Crippen molar-refractivity contribution in [2.75, 3.05) is 18.7 Å². The van der Waals surface area contributed by atoms with Gasteiger partial charge in [0.2, 0.25) is 6.79 Å². The molecule has 1 aliphatic heterocycles. The number of anilines is 1. The van der Waals surface area contributed by atoms with Crippen molar-refractivity contribution in [2.24, 2.45) is 0 Å². The van der Waals surface area contributed by atoms with Gasteiger partial charge in [0, 0.05) is 11.6 Å². The number of fused-ring (bicyclic) bond motifs is 1. The number of amides is 1. The van der Waals surface area contributed by atoms with Gasteiger partial charge in [-0.1, -0.05) is 19.9 Å². The summed E-state index contributed by atoms with van der Waals surface area (Å²) >= 11 is 0. The van der Waals surface area contributed by atoms with E-state index in [1.54, 1.807) is 12.1 Å². The zero-order valence-corrected chi connectivity index (χ0v) is 15.9. The molecule has 0 bridgehead atoms. The average Bonchev–Trinajstić information content (AvgIpc) is 3.06. The Bertz CT molecular complexity index is 888. The van der Waals surface area contributed by atoms with Gasteiger partial charge in [-0.25, -0.2) is 0 Å². The van der Waals surface area contributed by atoms with Crippen LogP contribution in [0.5, 0.6) is 17.2 Å². The summed E-state index contributed by atoms with van der Waals surface area (Å²) < 4.78 is 16.2. The Morgan fingerprint density at radius 2 is 1.85 bits per heavy atom. The molecule has 0 spiro atoms. The van der Waals surface area contributed by atoms with Crippen LogP contribution in [-0.4, -0.2) is 25.1 Å². The average molecular weight is 369 g/mol. The third kappa shape index (κ3) is 4.22. The molecule has 1 N–H and O–H groups in total.